The Balaban J connectivity index is 1.97. The topological polar surface area (TPSA) is 15.3 Å². The Morgan fingerprint density at radius 1 is 1.29 bits per heavy atom. The molecule has 0 aromatic rings. The van der Waals surface area contributed by atoms with Gasteiger partial charge in [0.1, 0.15) is 0 Å². The summed E-state index contributed by atoms with van der Waals surface area (Å²) < 4.78 is 0. The molecule has 0 radical (unpaired) electrons. The van der Waals surface area contributed by atoms with Crippen molar-refractivity contribution in [2.45, 2.75) is 53.0 Å². The zero-order valence-electron chi connectivity index (χ0n) is 12.5. The van der Waals surface area contributed by atoms with E-state index in [4.69, 9.17) is 0 Å². The second kappa shape index (κ2) is 7.38. The van der Waals surface area contributed by atoms with Crippen LogP contribution in [0.3, 0.4) is 0 Å². The molecule has 17 heavy (non-hydrogen) atoms. The minimum atomic E-state index is 0.739. The highest BCUT2D eigenvalue weighted by Gasteiger charge is 2.33. The third-order valence-electron chi connectivity index (χ3n) is 4.08. The van der Waals surface area contributed by atoms with Gasteiger partial charge in [-0.3, -0.25) is 0 Å². The number of nitrogens with zero attached hydrogens (tertiary/aromatic N) is 1. The number of nitrogens with one attached hydrogen (secondary N) is 1. The fourth-order valence-electron chi connectivity index (χ4n) is 2.34. The third-order valence-corrected chi connectivity index (χ3v) is 4.08. The van der Waals surface area contributed by atoms with Crippen molar-refractivity contribution in [3.8, 4) is 0 Å². The second-order valence-electron chi connectivity index (χ2n) is 6.50. The molecule has 1 fully saturated rings. The van der Waals surface area contributed by atoms with Crippen molar-refractivity contribution >= 4 is 0 Å². The van der Waals surface area contributed by atoms with E-state index in [0.29, 0.717) is 0 Å². The number of rotatable bonds is 9. The molecular formula is C15H32N2. The van der Waals surface area contributed by atoms with Crippen LogP contribution in [0.25, 0.3) is 0 Å². The Labute approximate surface area is 108 Å². The molecule has 1 saturated carbocycles. The average molecular weight is 240 g/mol. The van der Waals surface area contributed by atoms with Crippen LogP contribution in [0.2, 0.25) is 0 Å². The molecule has 2 heteroatoms. The van der Waals surface area contributed by atoms with Crippen LogP contribution in [0.4, 0.5) is 0 Å². The highest BCUT2D eigenvalue weighted by molar-refractivity contribution is 4.85. The Bertz CT molecular complexity index is 203. The monoisotopic (exact) mass is 240 g/mol. The highest BCUT2D eigenvalue weighted by Crippen LogP contribution is 2.38. The van der Waals surface area contributed by atoms with Crippen LogP contribution >= 0.6 is 0 Å². The summed E-state index contributed by atoms with van der Waals surface area (Å²) in [4.78, 5) is 2.55. The van der Waals surface area contributed by atoms with E-state index in [-0.39, 0.29) is 0 Å². The van der Waals surface area contributed by atoms with Gasteiger partial charge in [-0.15, -0.1) is 0 Å². The summed E-state index contributed by atoms with van der Waals surface area (Å²) in [6.45, 7) is 12.9. The van der Waals surface area contributed by atoms with E-state index in [9.17, 15) is 0 Å². The molecular weight excluding hydrogens is 208 g/mol. The van der Waals surface area contributed by atoms with Crippen molar-refractivity contribution in [1.82, 2.24) is 10.2 Å². The van der Waals surface area contributed by atoms with E-state index in [2.05, 4.69) is 45.0 Å². The lowest BCUT2D eigenvalue weighted by Crippen LogP contribution is -2.32. The summed E-state index contributed by atoms with van der Waals surface area (Å²) >= 11 is 0. The fourth-order valence-corrected chi connectivity index (χ4v) is 2.34. The Kier molecular flexibility index (Phi) is 6.50. The first kappa shape index (κ1) is 15.0. The normalized spacial score (nSPS) is 25.6. The van der Waals surface area contributed by atoms with E-state index < -0.39 is 0 Å². The number of hydrogen-bond donors (Lipinski definition) is 1. The van der Waals surface area contributed by atoms with Crippen molar-refractivity contribution in [1.29, 1.82) is 0 Å². The molecule has 1 aliphatic carbocycles. The Morgan fingerprint density at radius 3 is 2.47 bits per heavy atom. The maximum absolute atomic E-state index is 3.52. The molecule has 0 aromatic carbocycles. The molecule has 1 N–H and O–H groups in total. The maximum Gasteiger partial charge on any atom is 0.00644 e. The van der Waals surface area contributed by atoms with Gasteiger partial charge in [-0.2, -0.15) is 0 Å². The smallest absolute Gasteiger partial charge is 0.00644 e. The first-order valence-corrected chi connectivity index (χ1v) is 7.41. The zero-order valence-corrected chi connectivity index (χ0v) is 12.5. The molecule has 0 spiro atoms. The van der Waals surface area contributed by atoms with Crippen LogP contribution in [0.5, 0.6) is 0 Å². The molecule has 0 aliphatic heterocycles. The summed E-state index contributed by atoms with van der Waals surface area (Å²) in [5, 5.41) is 3.52. The lowest BCUT2D eigenvalue weighted by molar-refractivity contribution is 0.230. The Morgan fingerprint density at radius 2 is 1.94 bits per heavy atom. The van der Waals surface area contributed by atoms with Crippen LogP contribution in [-0.4, -0.2) is 37.6 Å². The molecule has 0 heterocycles. The maximum atomic E-state index is 3.52. The minimum Gasteiger partial charge on any atom is -0.316 e. The van der Waals surface area contributed by atoms with Gasteiger partial charge in [0.05, 0.1) is 0 Å². The van der Waals surface area contributed by atoms with Gasteiger partial charge in [-0.05, 0) is 64.1 Å². The van der Waals surface area contributed by atoms with Gasteiger partial charge < -0.3 is 10.2 Å². The van der Waals surface area contributed by atoms with Gasteiger partial charge in [0.15, 0.2) is 0 Å². The van der Waals surface area contributed by atoms with Gasteiger partial charge >= 0.3 is 0 Å². The van der Waals surface area contributed by atoms with E-state index in [1.807, 2.05) is 0 Å². The first-order chi connectivity index (χ1) is 8.00. The van der Waals surface area contributed by atoms with Gasteiger partial charge in [-0.25, -0.2) is 0 Å². The molecule has 1 rings (SSSR count). The van der Waals surface area contributed by atoms with E-state index in [1.165, 1.54) is 32.4 Å². The molecule has 0 amide bonds. The predicted molar refractivity (Wildman–Crippen MR) is 76.3 cm³/mol. The first-order valence-electron chi connectivity index (χ1n) is 7.41. The molecule has 1 aliphatic rings. The van der Waals surface area contributed by atoms with Gasteiger partial charge in [0, 0.05) is 12.6 Å². The summed E-state index contributed by atoms with van der Waals surface area (Å²) in [5.74, 6) is 2.74. The molecule has 3 unspecified atom stereocenters. The van der Waals surface area contributed by atoms with Crippen LogP contribution < -0.4 is 5.32 Å². The third kappa shape index (κ3) is 6.42. The largest absolute Gasteiger partial charge is 0.316 e. The van der Waals surface area contributed by atoms with Crippen LogP contribution in [-0.2, 0) is 0 Å². The van der Waals surface area contributed by atoms with Crippen molar-refractivity contribution in [2.24, 2.45) is 17.8 Å². The van der Waals surface area contributed by atoms with Crippen molar-refractivity contribution in [2.75, 3.05) is 26.7 Å². The number of hydrogen-bond acceptors (Lipinski definition) is 2. The standard InChI is InChI=1S/C15H32N2/c1-12(2)10-16-8-6-7-14(4)17(5)11-15-9-13(15)3/h12-16H,6-11H2,1-5H3. The average Bonchev–Trinajstić information content (AvgIpc) is 2.92. The zero-order chi connectivity index (χ0) is 12.8. The fraction of sp³-hybridized carbons (Fsp3) is 1.00. The SMILES string of the molecule is CC(C)CNCCCC(C)N(C)CC1CC1C. The Hall–Kier alpha value is -0.0800. The summed E-state index contributed by atoms with van der Waals surface area (Å²) in [6, 6.07) is 0.739. The summed E-state index contributed by atoms with van der Waals surface area (Å²) in [5.41, 5.74) is 0. The highest BCUT2D eigenvalue weighted by atomic mass is 15.1. The molecule has 0 bridgehead atoms. The second-order valence-corrected chi connectivity index (χ2v) is 6.50. The molecule has 0 saturated heterocycles. The van der Waals surface area contributed by atoms with Crippen LogP contribution in [0.1, 0.15) is 47.0 Å². The summed E-state index contributed by atoms with van der Waals surface area (Å²) in [6.07, 6.45) is 4.08. The molecule has 102 valence electrons. The van der Waals surface area contributed by atoms with Crippen LogP contribution in [0, 0.1) is 17.8 Å². The van der Waals surface area contributed by atoms with Gasteiger partial charge in [0.25, 0.3) is 0 Å². The van der Waals surface area contributed by atoms with Crippen molar-refractivity contribution in [3.05, 3.63) is 0 Å². The van der Waals surface area contributed by atoms with Gasteiger partial charge in [0.2, 0.25) is 0 Å². The van der Waals surface area contributed by atoms with Crippen molar-refractivity contribution < 1.29 is 0 Å². The molecule has 0 aromatic heterocycles. The lowest BCUT2D eigenvalue weighted by atomic mass is 10.1. The van der Waals surface area contributed by atoms with Gasteiger partial charge in [-0.1, -0.05) is 20.8 Å². The van der Waals surface area contributed by atoms with Crippen molar-refractivity contribution in [3.63, 3.8) is 0 Å². The quantitative estimate of drug-likeness (QED) is 0.623. The van der Waals surface area contributed by atoms with E-state index in [0.717, 1.165) is 30.3 Å². The van der Waals surface area contributed by atoms with Crippen LogP contribution in [0.15, 0.2) is 0 Å². The lowest BCUT2D eigenvalue weighted by Gasteiger charge is -2.24. The molecule has 3 atom stereocenters. The summed E-state index contributed by atoms with van der Waals surface area (Å²) in [7, 11) is 2.29. The minimum absolute atomic E-state index is 0.739. The van der Waals surface area contributed by atoms with E-state index in [1.54, 1.807) is 0 Å². The van der Waals surface area contributed by atoms with E-state index >= 15 is 0 Å². The molecule has 2 nitrogen and oxygen atoms in total. The predicted octanol–water partition coefficient (Wildman–Crippen LogP) is 2.99.